The zero-order valence-electron chi connectivity index (χ0n) is 8.33. The predicted octanol–water partition coefficient (Wildman–Crippen LogP) is 2.04. The van der Waals surface area contributed by atoms with Crippen molar-refractivity contribution in [1.82, 2.24) is 4.90 Å². The maximum atomic E-state index is 11.4. The Morgan fingerprint density at radius 1 is 1.57 bits per heavy atom. The van der Waals surface area contributed by atoms with Crippen LogP contribution in [-0.4, -0.2) is 29.0 Å². The molecule has 0 atom stereocenters. The summed E-state index contributed by atoms with van der Waals surface area (Å²) >= 11 is 3.16. The number of nitrogens with zero attached hydrogens (tertiary/aromatic N) is 1. The molecule has 1 aliphatic heterocycles. The summed E-state index contributed by atoms with van der Waals surface area (Å²) in [6, 6.07) is 0. The van der Waals surface area contributed by atoms with Crippen LogP contribution in [0.1, 0.15) is 20.8 Å². The molecule has 5 heteroatoms. The van der Waals surface area contributed by atoms with E-state index < -0.39 is 11.7 Å². The van der Waals surface area contributed by atoms with Crippen LogP contribution < -0.4 is 0 Å². The number of amides is 2. The van der Waals surface area contributed by atoms with E-state index in [0.29, 0.717) is 4.48 Å². The quantitative estimate of drug-likeness (QED) is 0.671. The van der Waals surface area contributed by atoms with Crippen molar-refractivity contribution in [3.63, 3.8) is 0 Å². The normalized spacial score (nSPS) is 17.0. The summed E-state index contributed by atoms with van der Waals surface area (Å²) < 4.78 is 5.74. The first kappa shape index (κ1) is 11.2. The SMILES string of the molecule is CC(C)(C)OC(=O)N1CC(Br)=CC1=O. The Balaban J connectivity index is 2.61. The van der Waals surface area contributed by atoms with Crippen LogP contribution in [0.5, 0.6) is 0 Å². The largest absolute Gasteiger partial charge is 0.443 e. The van der Waals surface area contributed by atoms with Crippen molar-refractivity contribution in [3.8, 4) is 0 Å². The van der Waals surface area contributed by atoms with Crippen molar-refractivity contribution >= 4 is 27.9 Å². The fourth-order valence-electron chi connectivity index (χ4n) is 0.958. The van der Waals surface area contributed by atoms with Gasteiger partial charge in [-0.3, -0.25) is 4.79 Å². The van der Waals surface area contributed by atoms with Gasteiger partial charge < -0.3 is 4.74 Å². The van der Waals surface area contributed by atoms with Crippen LogP contribution in [0.4, 0.5) is 4.79 Å². The molecule has 2 amide bonds. The lowest BCUT2D eigenvalue weighted by atomic mass is 10.2. The van der Waals surface area contributed by atoms with Gasteiger partial charge in [0.1, 0.15) is 5.60 Å². The van der Waals surface area contributed by atoms with Crippen molar-refractivity contribution in [3.05, 3.63) is 10.6 Å². The predicted molar refractivity (Wildman–Crippen MR) is 55.0 cm³/mol. The molecule has 0 aromatic heterocycles. The molecule has 0 saturated carbocycles. The first-order chi connectivity index (χ1) is 6.29. The van der Waals surface area contributed by atoms with Gasteiger partial charge in [0.25, 0.3) is 5.91 Å². The van der Waals surface area contributed by atoms with Crippen molar-refractivity contribution in [2.24, 2.45) is 0 Å². The van der Waals surface area contributed by atoms with Crippen LogP contribution >= 0.6 is 15.9 Å². The van der Waals surface area contributed by atoms with Crippen LogP contribution in [0.25, 0.3) is 0 Å². The fraction of sp³-hybridized carbons (Fsp3) is 0.556. The van der Waals surface area contributed by atoms with Gasteiger partial charge >= 0.3 is 6.09 Å². The van der Waals surface area contributed by atoms with E-state index in [1.165, 1.54) is 6.08 Å². The lowest BCUT2D eigenvalue weighted by Gasteiger charge is -2.23. The van der Waals surface area contributed by atoms with E-state index >= 15 is 0 Å². The van der Waals surface area contributed by atoms with Gasteiger partial charge in [-0.05, 0) is 20.8 Å². The average Bonchev–Trinajstić information content (AvgIpc) is 2.26. The Morgan fingerprint density at radius 2 is 2.14 bits per heavy atom. The van der Waals surface area contributed by atoms with Gasteiger partial charge in [-0.25, -0.2) is 9.69 Å². The van der Waals surface area contributed by atoms with Gasteiger partial charge in [0.05, 0.1) is 6.54 Å². The van der Waals surface area contributed by atoms with E-state index in [-0.39, 0.29) is 12.5 Å². The minimum absolute atomic E-state index is 0.258. The second kappa shape index (κ2) is 3.73. The van der Waals surface area contributed by atoms with Crippen LogP contribution in [-0.2, 0) is 9.53 Å². The van der Waals surface area contributed by atoms with Crippen molar-refractivity contribution in [2.45, 2.75) is 26.4 Å². The van der Waals surface area contributed by atoms with Gasteiger partial charge in [-0.15, -0.1) is 0 Å². The minimum Gasteiger partial charge on any atom is -0.443 e. The molecule has 14 heavy (non-hydrogen) atoms. The topological polar surface area (TPSA) is 46.6 Å². The van der Waals surface area contributed by atoms with Gasteiger partial charge in [-0.2, -0.15) is 0 Å². The molecule has 0 radical (unpaired) electrons. The molecule has 0 bridgehead atoms. The highest BCUT2D eigenvalue weighted by atomic mass is 79.9. The van der Waals surface area contributed by atoms with E-state index in [0.717, 1.165) is 4.90 Å². The highest BCUT2D eigenvalue weighted by molar-refractivity contribution is 9.11. The first-order valence-electron chi connectivity index (χ1n) is 4.20. The Kier molecular flexibility index (Phi) is 2.99. The summed E-state index contributed by atoms with van der Waals surface area (Å²) in [6.45, 7) is 5.53. The van der Waals surface area contributed by atoms with Crippen molar-refractivity contribution in [1.29, 1.82) is 0 Å². The molecular weight excluding hydrogens is 250 g/mol. The molecule has 1 rings (SSSR count). The minimum atomic E-state index is -0.604. The molecule has 0 saturated heterocycles. The number of imide groups is 1. The Bertz CT molecular complexity index is 304. The highest BCUT2D eigenvalue weighted by Gasteiger charge is 2.30. The van der Waals surface area contributed by atoms with Gasteiger partial charge in [0.15, 0.2) is 0 Å². The van der Waals surface area contributed by atoms with E-state index in [1.54, 1.807) is 20.8 Å². The summed E-state index contributed by atoms with van der Waals surface area (Å²) in [5.74, 6) is -0.342. The van der Waals surface area contributed by atoms with Crippen molar-refractivity contribution < 1.29 is 14.3 Å². The third-order valence-corrected chi connectivity index (χ3v) is 1.95. The van der Waals surface area contributed by atoms with Crippen LogP contribution in [0.15, 0.2) is 10.6 Å². The summed E-state index contributed by atoms with van der Waals surface area (Å²) in [4.78, 5) is 23.7. The molecule has 0 aliphatic carbocycles. The van der Waals surface area contributed by atoms with Crippen LogP contribution in [0.2, 0.25) is 0 Å². The average molecular weight is 262 g/mol. The number of rotatable bonds is 0. The second-order valence-corrected chi connectivity index (χ2v) is 5.01. The summed E-state index contributed by atoms with van der Waals surface area (Å²) in [5.41, 5.74) is -0.577. The van der Waals surface area contributed by atoms with Gasteiger partial charge in [0, 0.05) is 10.6 Å². The molecule has 4 nitrogen and oxygen atoms in total. The van der Waals surface area contributed by atoms with E-state index in [1.807, 2.05) is 0 Å². The lowest BCUT2D eigenvalue weighted by Crippen LogP contribution is -2.37. The number of hydrogen-bond acceptors (Lipinski definition) is 3. The zero-order chi connectivity index (χ0) is 10.9. The third-order valence-electron chi connectivity index (χ3n) is 1.47. The molecular formula is C9H12BrNO3. The zero-order valence-corrected chi connectivity index (χ0v) is 9.92. The number of carbonyl (C=O) groups is 2. The Hall–Kier alpha value is -0.840. The molecule has 78 valence electrons. The lowest BCUT2D eigenvalue weighted by molar-refractivity contribution is -0.123. The van der Waals surface area contributed by atoms with Crippen LogP contribution in [0, 0.1) is 0 Å². The van der Waals surface area contributed by atoms with Crippen LogP contribution in [0.3, 0.4) is 0 Å². The fourth-order valence-corrected chi connectivity index (χ4v) is 1.40. The maximum absolute atomic E-state index is 11.4. The monoisotopic (exact) mass is 261 g/mol. The summed E-state index contributed by atoms with van der Waals surface area (Å²) in [5, 5.41) is 0. The number of ether oxygens (including phenoxy) is 1. The molecule has 1 heterocycles. The molecule has 1 aliphatic rings. The molecule has 0 fully saturated rings. The molecule has 0 unspecified atom stereocenters. The Labute approximate surface area is 91.0 Å². The van der Waals surface area contributed by atoms with E-state index in [9.17, 15) is 9.59 Å². The molecule has 0 N–H and O–H groups in total. The number of hydrogen-bond donors (Lipinski definition) is 0. The van der Waals surface area contributed by atoms with Gasteiger partial charge in [-0.1, -0.05) is 15.9 Å². The second-order valence-electron chi connectivity index (χ2n) is 4.00. The Morgan fingerprint density at radius 3 is 2.50 bits per heavy atom. The first-order valence-corrected chi connectivity index (χ1v) is 4.99. The van der Waals surface area contributed by atoms with Crippen molar-refractivity contribution in [2.75, 3.05) is 6.54 Å². The number of carbonyl (C=O) groups excluding carboxylic acids is 2. The smallest absolute Gasteiger partial charge is 0.417 e. The number of halogens is 1. The van der Waals surface area contributed by atoms with E-state index in [2.05, 4.69) is 15.9 Å². The summed E-state index contributed by atoms with van der Waals surface area (Å²) in [6.07, 6.45) is 0.761. The molecule has 0 aromatic rings. The van der Waals surface area contributed by atoms with Gasteiger partial charge in [0.2, 0.25) is 0 Å². The molecule has 0 spiro atoms. The molecule has 0 aromatic carbocycles. The third kappa shape index (κ3) is 2.83. The maximum Gasteiger partial charge on any atom is 0.417 e. The highest BCUT2D eigenvalue weighted by Crippen LogP contribution is 2.19. The summed E-state index contributed by atoms with van der Waals surface area (Å²) in [7, 11) is 0. The van der Waals surface area contributed by atoms with E-state index in [4.69, 9.17) is 4.74 Å². The standard InChI is InChI=1S/C9H12BrNO3/c1-9(2,3)14-8(13)11-5-6(10)4-7(11)12/h4H,5H2,1-3H3.